The van der Waals surface area contributed by atoms with Gasteiger partial charge in [0.25, 0.3) is 0 Å². The van der Waals surface area contributed by atoms with Crippen molar-refractivity contribution in [2.45, 2.75) is 19.4 Å². The molecule has 0 saturated carbocycles. The molecule has 0 N–H and O–H groups in total. The molecule has 1 heterocycles. The van der Waals surface area contributed by atoms with Crippen molar-refractivity contribution in [1.29, 1.82) is 0 Å². The lowest BCUT2D eigenvalue weighted by Crippen LogP contribution is -2.28. The topological polar surface area (TPSA) is 9.23 Å². The normalized spacial score (nSPS) is 18.1. The third kappa shape index (κ3) is 1.82. The number of ether oxygens (including phenoxy) is 1. The van der Waals surface area contributed by atoms with Crippen LogP contribution in [0.15, 0.2) is 24.3 Å². The van der Waals surface area contributed by atoms with Gasteiger partial charge in [-0.1, -0.05) is 27.5 Å². The smallest absolute Gasteiger partial charge is 0.129 e. The standard InChI is InChI=1S/C11H10BrClO/c1-11(2)6-9(12)8-5-7(13)3-4-10(8)14-11/h3-6H,1-2H3. The van der Waals surface area contributed by atoms with Crippen molar-refractivity contribution >= 4 is 32.0 Å². The molecular weight excluding hydrogens is 263 g/mol. The van der Waals surface area contributed by atoms with E-state index in [9.17, 15) is 0 Å². The maximum atomic E-state index is 5.91. The summed E-state index contributed by atoms with van der Waals surface area (Å²) in [6.45, 7) is 4.04. The van der Waals surface area contributed by atoms with Crippen LogP contribution in [0.1, 0.15) is 19.4 Å². The summed E-state index contributed by atoms with van der Waals surface area (Å²) in [6.07, 6.45) is 2.03. The minimum absolute atomic E-state index is 0.264. The van der Waals surface area contributed by atoms with Crippen molar-refractivity contribution in [2.75, 3.05) is 0 Å². The van der Waals surface area contributed by atoms with Crippen LogP contribution in [-0.2, 0) is 0 Å². The third-order valence-corrected chi connectivity index (χ3v) is 2.94. The molecule has 2 rings (SSSR count). The Bertz CT molecular complexity index is 410. The molecule has 0 saturated heterocycles. The van der Waals surface area contributed by atoms with E-state index < -0.39 is 0 Å². The summed E-state index contributed by atoms with van der Waals surface area (Å²) in [6, 6.07) is 5.63. The van der Waals surface area contributed by atoms with Gasteiger partial charge in [-0.15, -0.1) is 0 Å². The second-order valence-electron chi connectivity index (χ2n) is 3.84. The SMILES string of the molecule is CC1(C)C=C(Br)c2cc(Cl)ccc2O1. The second-order valence-corrected chi connectivity index (χ2v) is 5.13. The van der Waals surface area contributed by atoms with Gasteiger partial charge >= 0.3 is 0 Å². The van der Waals surface area contributed by atoms with Gasteiger partial charge < -0.3 is 4.74 Å². The molecule has 1 nitrogen and oxygen atoms in total. The Hall–Kier alpha value is -0.470. The summed E-state index contributed by atoms with van der Waals surface area (Å²) < 4.78 is 6.81. The second kappa shape index (κ2) is 3.28. The maximum Gasteiger partial charge on any atom is 0.129 e. The van der Waals surface area contributed by atoms with Gasteiger partial charge in [-0.05, 0) is 38.1 Å². The highest BCUT2D eigenvalue weighted by Crippen LogP contribution is 2.39. The molecule has 1 aromatic rings. The van der Waals surface area contributed by atoms with Crippen LogP contribution in [0.25, 0.3) is 4.48 Å². The molecule has 0 radical (unpaired) electrons. The minimum Gasteiger partial charge on any atom is -0.483 e. The van der Waals surface area contributed by atoms with E-state index in [0.29, 0.717) is 0 Å². The Morgan fingerprint density at radius 3 is 2.79 bits per heavy atom. The number of fused-ring (bicyclic) bond motifs is 1. The monoisotopic (exact) mass is 272 g/mol. The van der Waals surface area contributed by atoms with E-state index >= 15 is 0 Å². The molecule has 0 unspecified atom stereocenters. The largest absolute Gasteiger partial charge is 0.483 e. The van der Waals surface area contributed by atoms with Crippen molar-refractivity contribution in [2.24, 2.45) is 0 Å². The molecule has 0 spiro atoms. The third-order valence-electron chi connectivity index (χ3n) is 2.05. The lowest BCUT2D eigenvalue weighted by atomic mass is 10.0. The van der Waals surface area contributed by atoms with E-state index in [4.69, 9.17) is 16.3 Å². The fraction of sp³-hybridized carbons (Fsp3) is 0.273. The molecule has 1 aliphatic rings. The molecular formula is C11H10BrClO. The number of rotatable bonds is 0. The van der Waals surface area contributed by atoms with E-state index in [1.165, 1.54) is 0 Å². The first kappa shape index (κ1) is 10.1. The zero-order valence-corrected chi connectivity index (χ0v) is 10.3. The van der Waals surface area contributed by atoms with Crippen molar-refractivity contribution in [3.63, 3.8) is 0 Å². The van der Waals surface area contributed by atoms with Crippen LogP contribution in [0.2, 0.25) is 5.02 Å². The summed E-state index contributed by atoms with van der Waals surface area (Å²) >= 11 is 9.43. The summed E-state index contributed by atoms with van der Waals surface area (Å²) in [5.41, 5.74) is 0.747. The Labute approximate surface area is 96.8 Å². The first-order valence-corrected chi connectivity index (χ1v) is 5.52. The maximum absolute atomic E-state index is 5.91. The van der Waals surface area contributed by atoms with E-state index in [0.717, 1.165) is 20.8 Å². The molecule has 3 heteroatoms. The fourth-order valence-electron chi connectivity index (χ4n) is 1.47. The van der Waals surface area contributed by atoms with Gasteiger partial charge in [0.1, 0.15) is 11.4 Å². The summed E-state index contributed by atoms with van der Waals surface area (Å²) in [5.74, 6) is 0.869. The number of halogens is 2. The molecule has 0 atom stereocenters. The number of hydrogen-bond acceptors (Lipinski definition) is 1. The van der Waals surface area contributed by atoms with Crippen molar-refractivity contribution in [1.82, 2.24) is 0 Å². The van der Waals surface area contributed by atoms with Gasteiger partial charge in [-0.25, -0.2) is 0 Å². The fourth-order valence-corrected chi connectivity index (χ4v) is 2.51. The Morgan fingerprint density at radius 1 is 1.36 bits per heavy atom. The van der Waals surface area contributed by atoms with Crippen molar-refractivity contribution in [3.8, 4) is 5.75 Å². The van der Waals surface area contributed by atoms with Crippen LogP contribution in [0.4, 0.5) is 0 Å². The zero-order chi connectivity index (χ0) is 10.3. The minimum atomic E-state index is -0.264. The molecule has 14 heavy (non-hydrogen) atoms. The van der Waals surface area contributed by atoms with Gasteiger partial charge in [0, 0.05) is 15.1 Å². The van der Waals surface area contributed by atoms with Gasteiger partial charge in [0.05, 0.1) is 0 Å². The lowest BCUT2D eigenvalue weighted by Gasteiger charge is -2.29. The molecule has 0 fully saturated rings. The van der Waals surface area contributed by atoms with Crippen molar-refractivity contribution in [3.05, 3.63) is 34.9 Å². The molecule has 74 valence electrons. The molecule has 0 aromatic heterocycles. The Morgan fingerprint density at radius 2 is 2.07 bits per heavy atom. The highest BCUT2D eigenvalue weighted by molar-refractivity contribution is 9.15. The van der Waals surface area contributed by atoms with Crippen LogP contribution in [-0.4, -0.2) is 5.60 Å². The number of benzene rings is 1. The van der Waals surface area contributed by atoms with Crippen LogP contribution < -0.4 is 4.74 Å². The number of hydrogen-bond donors (Lipinski definition) is 0. The van der Waals surface area contributed by atoms with Gasteiger partial charge in [0.15, 0.2) is 0 Å². The molecule has 1 aromatic carbocycles. The van der Waals surface area contributed by atoms with Crippen molar-refractivity contribution < 1.29 is 4.74 Å². The quantitative estimate of drug-likeness (QED) is 0.687. The first-order valence-electron chi connectivity index (χ1n) is 4.35. The Balaban J connectivity index is 2.56. The van der Waals surface area contributed by atoms with Gasteiger partial charge in [0.2, 0.25) is 0 Å². The molecule has 0 aliphatic carbocycles. The van der Waals surface area contributed by atoms with Crippen LogP contribution in [0.3, 0.4) is 0 Å². The van der Waals surface area contributed by atoms with E-state index in [-0.39, 0.29) is 5.60 Å². The average molecular weight is 274 g/mol. The van der Waals surface area contributed by atoms with E-state index in [2.05, 4.69) is 15.9 Å². The van der Waals surface area contributed by atoms with E-state index in [1.807, 2.05) is 38.1 Å². The van der Waals surface area contributed by atoms with Crippen LogP contribution >= 0.6 is 27.5 Å². The molecule has 0 amide bonds. The molecule has 0 bridgehead atoms. The highest BCUT2D eigenvalue weighted by atomic mass is 79.9. The highest BCUT2D eigenvalue weighted by Gasteiger charge is 2.25. The summed E-state index contributed by atoms with van der Waals surface area (Å²) in [4.78, 5) is 0. The molecule has 1 aliphatic heterocycles. The van der Waals surface area contributed by atoms with Gasteiger partial charge in [-0.3, -0.25) is 0 Å². The van der Waals surface area contributed by atoms with E-state index in [1.54, 1.807) is 0 Å². The average Bonchev–Trinajstić information content (AvgIpc) is 2.05. The predicted octanol–water partition coefficient (Wildman–Crippen LogP) is 4.25. The van der Waals surface area contributed by atoms with Crippen LogP contribution in [0.5, 0.6) is 5.75 Å². The lowest BCUT2D eigenvalue weighted by molar-refractivity contribution is 0.159. The summed E-state index contributed by atoms with van der Waals surface area (Å²) in [7, 11) is 0. The predicted molar refractivity (Wildman–Crippen MR) is 63.1 cm³/mol. The zero-order valence-electron chi connectivity index (χ0n) is 7.97. The Kier molecular flexibility index (Phi) is 2.36. The van der Waals surface area contributed by atoms with Crippen LogP contribution in [0, 0.1) is 0 Å². The van der Waals surface area contributed by atoms with Gasteiger partial charge in [-0.2, -0.15) is 0 Å². The first-order chi connectivity index (χ1) is 6.48. The summed E-state index contributed by atoms with van der Waals surface area (Å²) in [5, 5.41) is 0.720.